The van der Waals surface area contributed by atoms with Crippen LogP contribution in [-0.2, 0) is 16.0 Å². The van der Waals surface area contributed by atoms with E-state index in [1.165, 1.54) is 18.2 Å². The standard InChI is InChI=1S/C32H44N2O4S.Li/c1-4-5-19-34(31(36)25-12-7-6-8-13-25)20-17-24-15-16-27(28(22-24)26-14-10-9-11-23(26)2)30(35)33-29(32(37)38)18-21-39-3;/h9-11,14-16,22,25,29H,4-8,12-13,17-21H2,1-3H3,(H,33,35)(H,37,38);/q;+1/p-1. The molecule has 0 bridgehead atoms. The van der Waals surface area contributed by atoms with Gasteiger partial charge >= 0.3 is 18.9 Å². The molecule has 1 N–H and O–H groups in total. The third-order valence-corrected chi connectivity index (χ3v) is 8.33. The summed E-state index contributed by atoms with van der Waals surface area (Å²) in [6, 6.07) is 12.6. The maximum Gasteiger partial charge on any atom is 1.00 e. The Labute approximate surface area is 256 Å². The molecule has 0 spiro atoms. The summed E-state index contributed by atoms with van der Waals surface area (Å²) in [5, 5.41) is 14.3. The first-order valence-electron chi connectivity index (χ1n) is 14.3. The largest absolute Gasteiger partial charge is 1.00 e. The number of unbranched alkanes of at least 4 members (excludes halogenated alkanes) is 1. The van der Waals surface area contributed by atoms with Gasteiger partial charge in [0.05, 0.1) is 12.0 Å². The van der Waals surface area contributed by atoms with Gasteiger partial charge in [-0.3, -0.25) is 9.59 Å². The molecule has 0 aliphatic heterocycles. The number of amides is 2. The third-order valence-electron chi connectivity index (χ3n) is 7.68. The molecule has 2 aromatic carbocycles. The Balaban J connectivity index is 0.00000560. The maximum absolute atomic E-state index is 13.4. The number of hydrogen-bond donors (Lipinski definition) is 1. The molecule has 1 unspecified atom stereocenters. The Morgan fingerprint density at radius 1 is 1.05 bits per heavy atom. The number of hydrogen-bond acceptors (Lipinski definition) is 5. The van der Waals surface area contributed by atoms with Crippen molar-refractivity contribution in [1.29, 1.82) is 0 Å². The maximum atomic E-state index is 13.4. The van der Waals surface area contributed by atoms with Crippen molar-refractivity contribution in [3.8, 4) is 11.1 Å². The van der Waals surface area contributed by atoms with Gasteiger partial charge in [0, 0.05) is 24.6 Å². The topological polar surface area (TPSA) is 89.5 Å². The zero-order valence-electron chi connectivity index (χ0n) is 24.7. The second-order valence-electron chi connectivity index (χ2n) is 10.6. The number of thioether (sulfide) groups is 1. The van der Waals surface area contributed by atoms with Crippen LogP contribution in [0.15, 0.2) is 42.5 Å². The summed E-state index contributed by atoms with van der Waals surface area (Å²) in [6.45, 7) is 5.57. The quantitative estimate of drug-likeness (QED) is 0.359. The summed E-state index contributed by atoms with van der Waals surface area (Å²) < 4.78 is 0. The number of benzene rings is 2. The van der Waals surface area contributed by atoms with Crippen LogP contribution in [0, 0.1) is 12.8 Å². The Morgan fingerprint density at radius 3 is 2.42 bits per heavy atom. The minimum absolute atomic E-state index is 0. The minimum Gasteiger partial charge on any atom is -0.548 e. The Hall–Kier alpha value is -2.20. The fourth-order valence-electron chi connectivity index (χ4n) is 5.32. The van der Waals surface area contributed by atoms with Crippen molar-refractivity contribution in [3.05, 3.63) is 59.2 Å². The van der Waals surface area contributed by atoms with E-state index < -0.39 is 17.9 Å². The number of carboxylic acids is 1. The molecule has 40 heavy (non-hydrogen) atoms. The molecule has 1 saturated carbocycles. The first kappa shape index (κ1) is 34.0. The molecule has 0 radical (unpaired) electrons. The predicted molar refractivity (Wildman–Crippen MR) is 158 cm³/mol. The molecule has 6 nitrogen and oxygen atoms in total. The predicted octanol–water partition coefficient (Wildman–Crippen LogP) is 2.02. The number of aryl methyl sites for hydroxylation is 1. The van der Waals surface area contributed by atoms with Crippen LogP contribution in [0.5, 0.6) is 0 Å². The van der Waals surface area contributed by atoms with Crippen molar-refractivity contribution in [2.24, 2.45) is 5.92 Å². The Morgan fingerprint density at radius 2 is 1.77 bits per heavy atom. The summed E-state index contributed by atoms with van der Waals surface area (Å²) in [7, 11) is 0. The Bertz CT molecular complexity index is 1120. The molecule has 1 atom stereocenters. The van der Waals surface area contributed by atoms with Gasteiger partial charge in [-0.15, -0.1) is 0 Å². The van der Waals surface area contributed by atoms with Crippen molar-refractivity contribution in [3.63, 3.8) is 0 Å². The number of carbonyl (C=O) groups excluding carboxylic acids is 3. The van der Waals surface area contributed by atoms with Crippen molar-refractivity contribution in [1.82, 2.24) is 10.2 Å². The van der Waals surface area contributed by atoms with E-state index in [9.17, 15) is 19.5 Å². The number of carboxylic acid groups (broad SMARTS) is 1. The van der Waals surface area contributed by atoms with E-state index in [2.05, 4.69) is 12.2 Å². The van der Waals surface area contributed by atoms with Gasteiger partial charge in [0.1, 0.15) is 0 Å². The fraction of sp³-hybridized carbons (Fsp3) is 0.531. The van der Waals surface area contributed by atoms with Crippen LogP contribution in [0.1, 0.15) is 79.8 Å². The van der Waals surface area contributed by atoms with Crippen molar-refractivity contribution in [2.45, 2.75) is 77.7 Å². The molecule has 1 aliphatic rings. The van der Waals surface area contributed by atoms with E-state index in [1.807, 2.05) is 54.5 Å². The van der Waals surface area contributed by atoms with E-state index >= 15 is 0 Å². The second-order valence-corrected chi connectivity index (χ2v) is 11.6. The number of aliphatic carboxylic acids is 1. The van der Waals surface area contributed by atoms with Crippen LogP contribution in [0.4, 0.5) is 0 Å². The molecule has 3 rings (SSSR count). The average Bonchev–Trinajstić information content (AvgIpc) is 2.95. The van der Waals surface area contributed by atoms with Gasteiger partial charge in [-0.05, 0) is 79.4 Å². The van der Waals surface area contributed by atoms with E-state index in [0.717, 1.165) is 67.3 Å². The molecule has 1 fully saturated rings. The Kier molecular flexibility index (Phi) is 14.9. The molecule has 0 aromatic heterocycles. The summed E-state index contributed by atoms with van der Waals surface area (Å²) >= 11 is 1.53. The molecule has 212 valence electrons. The van der Waals surface area contributed by atoms with Gasteiger partial charge in [0.15, 0.2) is 0 Å². The number of carbonyl (C=O) groups is 3. The van der Waals surface area contributed by atoms with E-state index in [0.29, 0.717) is 30.7 Å². The van der Waals surface area contributed by atoms with Gasteiger partial charge in [-0.1, -0.05) is 69.0 Å². The van der Waals surface area contributed by atoms with Crippen LogP contribution in [0.3, 0.4) is 0 Å². The molecule has 2 amide bonds. The minimum atomic E-state index is -1.28. The van der Waals surface area contributed by atoms with Crippen molar-refractivity contribution < 1.29 is 38.4 Å². The average molecular weight is 559 g/mol. The molecule has 0 heterocycles. The van der Waals surface area contributed by atoms with Gasteiger partial charge in [0.25, 0.3) is 5.91 Å². The molecule has 2 aromatic rings. The third kappa shape index (κ3) is 9.71. The summed E-state index contributed by atoms with van der Waals surface area (Å²) in [6.07, 6.45) is 10.4. The SMILES string of the molecule is CCCCN(CCc1ccc(C(=O)NC(CCSC)C(=O)[O-])c(-c2ccccc2C)c1)C(=O)C1CCCCC1.[Li+]. The molecular formula is C32H43LiN2O4S. The zero-order chi connectivity index (χ0) is 28.2. The summed E-state index contributed by atoms with van der Waals surface area (Å²) in [4.78, 5) is 40.4. The van der Waals surface area contributed by atoms with Crippen LogP contribution in [0.2, 0.25) is 0 Å². The van der Waals surface area contributed by atoms with Crippen LogP contribution in [-0.4, -0.2) is 53.8 Å². The molecule has 0 saturated heterocycles. The summed E-state index contributed by atoms with van der Waals surface area (Å²) in [5.74, 6) is -0.659. The van der Waals surface area contributed by atoms with E-state index in [-0.39, 0.29) is 30.7 Å². The monoisotopic (exact) mass is 558 g/mol. The number of rotatable bonds is 14. The first-order valence-corrected chi connectivity index (χ1v) is 15.7. The van der Waals surface area contributed by atoms with Crippen molar-refractivity contribution >= 4 is 29.5 Å². The fourth-order valence-corrected chi connectivity index (χ4v) is 5.79. The van der Waals surface area contributed by atoms with Gasteiger partial charge < -0.3 is 20.1 Å². The van der Waals surface area contributed by atoms with Crippen LogP contribution in [0.25, 0.3) is 11.1 Å². The van der Waals surface area contributed by atoms with E-state index in [1.54, 1.807) is 6.07 Å². The second kappa shape index (κ2) is 17.6. The van der Waals surface area contributed by atoms with Crippen LogP contribution >= 0.6 is 11.8 Å². The van der Waals surface area contributed by atoms with Crippen LogP contribution < -0.4 is 29.3 Å². The molecule has 1 aliphatic carbocycles. The first-order chi connectivity index (χ1) is 18.8. The molecular weight excluding hydrogens is 515 g/mol. The normalized spacial score (nSPS) is 14.2. The summed E-state index contributed by atoms with van der Waals surface area (Å²) in [5.41, 5.74) is 4.20. The zero-order valence-corrected chi connectivity index (χ0v) is 25.5. The smallest absolute Gasteiger partial charge is 0.548 e. The van der Waals surface area contributed by atoms with Crippen molar-refractivity contribution in [2.75, 3.05) is 25.1 Å². The number of nitrogens with one attached hydrogen (secondary N) is 1. The molecule has 8 heteroatoms. The number of nitrogens with zero attached hydrogens (tertiary/aromatic N) is 1. The van der Waals surface area contributed by atoms with Gasteiger partial charge in [0.2, 0.25) is 5.91 Å². The van der Waals surface area contributed by atoms with Gasteiger partial charge in [-0.25, -0.2) is 0 Å². The van der Waals surface area contributed by atoms with Gasteiger partial charge in [-0.2, -0.15) is 11.8 Å². The van der Waals surface area contributed by atoms with E-state index in [4.69, 9.17) is 0 Å².